The van der Waals surface area contributed by atoms with Crippen LogP contribution in [0.5, 0.6) is 0 Å². The Kier molecular flexibility index (Phi) is 8.56. The summed E-state index contributed by atoms with van der Waals surface area (Å²) in [6.07, 6.45) is 2.31. The van der Waals surface area contributed by atoms with E-state index in [4.69, 9.17) is 9.84 Å². The topological polar surface area (TPSA) is 87.2 Å². The maximum absolute atomic E-state index is 12.8. The first-order valence-corrected chi connectivity index (χ1v) is 11.2. The Morgan fingerprint density at radius 2 is 1.59 bits per heavy atom. The molecule has 0 saturated carbocycles. The molecule has 34 heavy (non-hydrogen) atoms. The molecule has 2 aromatic rings. The van der Waals surface area contributed by atoms with Crippen LogP contribution in [0, 0.1) is 17.0 Å². The lowest BCUT2D eigenvalue weighted by Crippen LogP contribution is -2.55. The van der Waals surface area contributed by atoms with Crippen molar-refractivity contribution in [1.82, 2.24) is 9.80 Å². The summed E-state index contributed by atoms with van der Waals surface area (Å²) in [5.74, 6) is -2.14. The van der Waals surface area contributed by atoms with E-state index in [2.05, 4.69) is 0 Å². The van der Waals surface area contributed by atoms with Crippen molar-refractivity contribution < 1.29 is 33.0 Å². The van der Waals surface area contributed by atoms with Crippen molar-refractivity contribution in [2.24, 2.45) is 5.41 Å². The van der Waals surface area contributed by atoms with Gasteiger partial charge in [-0.15, -0.1) is 0 Å². The number of aliphatic carboxylic acids is 1. The number of hydrogen-bond donors (Lipinski definition) is 1. The Hall–Kier alpha value is -3.49. The zero-order valence-corrected chi connectivity index (χ0v) is 18.8. The first-order valence-electron chi connectivity index (χ1n) is 11.2. The third-order valence-corrected chi connectivity index (χ3v) is 6.12. The van der Waals surface area contributed by atoms with Crippen LogP contribution in [0.2, 0.25) is 0 Å². The Balaban J connectivity index is 0.000000343. The standard InChI is InChI=1S/C19H24N2O5.C6H4F2/c22-16(23)13-21-10-4-7-19(17(21)24)8-11-20(12-9-19)18(25)26-14-15-5-2-1-3-6-15;7-5-2-1-3-6(8)4-5/h1-3,5-6H,4,7-14H2,(H,22,23);1-4H. The molecule has 0 radical (unpaired) electrons. The molecule has 2 fully saturated rings. The number of carbonyl (C=O) groups is 3. The summed E-state index contributed by atoms with van der Waals surface area (Å²) in [5, 5.41) is 8.97. The summed E-state index contributed by atoms with van der Waals surface area (Å²) >= 11 is 0. The zero-order chi connectivity index (χ0) is 24.6. The van der Waals surface area contributed by atoms with E-state index < -0.39 is 23.0 Å². The van der Waals surface area contributed by atoms with Gasteiger partial charge >= 0.3 is 12.1 Å². The van der Waals surface area contributed by atoms with Gasteiger partial charge in [0.05, 0.1) is 5.41 Å². The van der Waals surface area contributed by atoms with E-state index in [9.17, 15) is 23.2 Å². The zero-order valence-electron chi connectivity index (χ0n) is 18.8. The molecule has 2 amide bonds. The molecule has 0 bridgehead atoms. The van der Waals surface area contributed by atoms with Gasteiger partial charge in [0.1, 0.15) is 24.8 Å². The van der Waals surface area contributed by atoms with Gasteiger partial charge in [0.2, 0.25) is 5.91 Å². The normalized spacial score (nSPS) is 17.1. The van der Waals surface area contributed by atoms with Gasteiger partial charge in [-0.1, -0.05) is 36.4 Å². The van der Waals surface area contributed by atoms with Crippen LogP contribution in [-0.2, 0) is 20.9 Å². The van der Waals surface area contributed by atoms with Gasteiger partial charge in [-0.05, 0) is 43.4 Å². The number of benzene rings is 2. The highest BCUT2D eigenvalue weighted by Crippen LogP contribution is 2.41. The highest BCUT2D eigenvalue weighted by Gasteiger charge is 2.46. The minimum atomic E-state index is -0.989. The quantitative estimate of drug-likeness (QED) is 0.722. The van der Waals surface area contributed by atoms with Crippen molar-refractivity contribution in [2.75, 3.05) is 26.2 Å². The second-order valence-corrected chi connectivity index (χ2v) is 8.47. The summed E-state index contributed by atoms with van der Waals surface area (Å²) in [5.41, 5.74) is 0.408. The number of ether oxygens (including phenoxy) is 1. The maximum atomic E-state index is 12.8. The molecule has 9 heteroatoms. The van der Waals surface area contributed by atoms with E-state index in [1.807, 2.05) is 30.3 Å². The Bertz CT molecular complexity index is 977. The average molecular weight is 475 g/mol. The molecule has 2 aromatic carbocycles. The van der Waals surface area contributed by atoms with E-state index in [0.29, 0.717) is 32.5 Å². The van der Waals surface area contributed by atoms with Crippen molar-refractivity contribution in [3.63, 3.8) is 0 Å². The molecule has 2 aliphatic heterocycles. The summed E-state index contributed by atoms with van der Waals surface area (Å²) in [6, 6.07) is 14.0. The van der Waals surface area contributed by atoms with Gasteiger partial charge in [0.15, 0.2) is 0 Å². The van der Waals surface area contributed by atoms with Gasteiger partial charge in [0.25, 0.3) is 0 Å². The van der Waals surface area contributed by atoms with Crippen LogP contribution in [0.15, 0.2) is 54.6 Å². The molecular weight excluding hydrogens is 446 g/mol. The molecule has 0 unspecified atom stereocenters. The van der Waals surface area contributed by atoms with Gasteiger partial charge < -0.3 is 19.6 Å². The van der Waals surface area contributed by atoms with Crippen LogP contribution in [0.1, 0.15) is 31.2 Å². The average Bonchev–Trinajstić information content (AvgIpc) is 2.82. The summed E-state index contributed by atoms with van der Waals surface area (Å²) in [7, 11) is 0. The van der Waals surface area contributed by atoms with Crippen LogP contribution in [0.4, 0.5) is 13.6 Å². The lowest BCUT2D eigenvalue weighted by atomic mass is 9.71. The van der Waals surface area contributed by atoms with Crippen LogP contribution in [-0.4, -0.2) is 59.1 Å². The van der Waals surface area contributed by atoms with Crippen LogP contribution in [0.3, 0.4) is 0 Å². The van der Waals surface area contributed by atoms with Gasteiger partial charge in [0, 0.05) is 25.7 Å². The molecule has 0 atom stereocenters. The summed E-state index contributed by atoms with van der Waals surface area (Å²) < 4.78 is 29.2. The first-order chi connectivity index (χ1) is 16.3. The Morgan fingerprint density at radius 3 is 2.15 bits per heavy atom. The second-order valence-electron chi connectivity index (χ2n) is 8.47. The molecule has 1 spiro atoms. The number of rotatable bonds is 4. The largest absolute Gasteiger partial charge is 0.480 e. The fourth-order valence-electron chi connectivity index (χ4n) is 4.32. The van der Waals surface area contributed by atoms with Crippen LogP contribution in [0.25, 0.3) is 0 Å². The van der Waals surface area contributed by atoms with E-state index >= 15 is 0 Å². The molecule has 4 rings (SSSR count). The predicted octanol–water partition coefficient (Wildman–Crippen LogP) is 4.08. The lowest BCUT2D eigenvalue weighted by molar-refractivity contribution is -0.155. The number of amides is 2. The molecule has 1 N–H and O–H groups in total. The predicted molar refractivity (Wildman–Crippen MR) is 120 cm³/mol. The van der Waals surface area contributed by atoms with Crippen molar-refractivity contribution in [1.29, 1.82) is 0 Å². The fraction of sp³-hybridized carbons (Fsp3) is 0.400. The third-order valence-electron chi connectivity index (χ3n) is 6.12. The van der Waals surface area contributed by atoms with Gasteiger partial charge in [-0.3, -0.25) is 9.59 Å². The smallest absolute Gasteiger partial charge is 0.410 e. The van der Waals surface area contributed by atoms with Crippen molar-refractivity contribution in [2.45, 2.75) is 32.3 Å². The minimum absolute atomic E-state index is 0.0801. The highest BCUT2D eigenvalue weighted by molar-refractivity contribution is 5.87. The summed E-state index contributed by atoms with van der Waals surface area (Å²) in [4.78, 5) is 39.0. The third kappa shape index (κ3) is 6.76. The van der Waals surface area contributed by atoms with Crippen molar-refractivity contribution in [3.8, 4) is 0 Å². The number of carboxylic acids is 1. The molecule has 2 heterocycles. The van der Waals surface area contributed by atoms with Gasteiger partial charge in [-0.2, -0.15) is 0 Å². The van der Waals surface area contributed by atoms with E-state index in [1.54, 1.807) is 4.90 Å². The maximum Gasteiger partial charge on any atom is 0.410 e. The molecule has 0 aliphatic carbocycles. The number of carboxylic acid groups (broad SMARTS) is 1. The number of piperidine rings is 2. The molecule has 182 valence electrons. The number of nitrogens with zero attached hydrogens (tertiary/aromatic N) is 2. The fourth-order valence-corrected chi connectivity index (χ4v) is 4.32. The van der Waals surface area contributed by atoms with Crippen molar-refractivity contribution >= 4 is 18.0 Å². The number of likely N-dealkylation sites (tertiary alicyclic amines) is 2. The van der Waals surface area contributed by atoms with Crippen LogP contribution < -0.4 is 0 Å². The van der Waals surface area contributed by atoms with Gasteiger partial charge in [-0.25, -0.2) is 13.6 Å². The second kappa shape index (κ2) is 11.6. The van der Waals surface area contributed by atoms with E-state index in [1.165, 1.54) is 23.1 Å². The number of halogens is 2. The molecule has 2 saturated heterocycles. The lowest BCUT2D eigenvalue weighted by Gasteiger charge is -2.45. The molecule has 2 aliphatic rings. The monoisotopic (exact) mass is 474 g/mol. The number of hydrogen-bond acceptors (Lipinski definition) is 4. The number of carbonyl (C=O) groups excluding carboxylic acids is 2. The SMILES string of the molecule is Fc1cccc(F)c1.O=C(O)CN1CCCC2(CCN(C(=O)OCc3ccccc3)CC2)C1=O. The first kappa shape index (κ1) is 25.1. The Labute approximate surface area is 196 Å². The highest BCUT2D eigenvalue weighted by atomic mass is 19.1. The van der Waals surface area contributed by atoms with E-state index in [0.717, 1.165) is 24.5 Å². The van der Waals surface area contributed by atoms with E-state index in [-0.39, 0.29) is 25.2 Å². The van der Waals surface area contributed by atoms with Crippen molar-refractivity contribution in [3.05, 3.63) is 71.8 Å². The van der Waals surface area contributed by atoms with Crippen LogP contribution >= 0.6 is 0 Å². The Morgan fingerprint density at radius 1 is 0.941 bits per heavy atom. The molecular formula is C25H28F2N2O5. The minimum Gasteiger partial charge on any atom is -0.480 e. The molecule has 0 aromatic heterocycles. The summed E-state index contributed by atoms with van der Waals surface area (Å²) in [6.45, 7) is 1.40. The molecule has 7 nitrogen and oxygen atoms in total.